The molecule has 4 fully saturated rings. The van der Waals surface area contributed by atoms with Crippen LogP contribution in [0.25, 0.3) is 0 Å². The van der Waals surface area contributed by atoms with E-state index in [1.165, 1.54) is 12.1 Å². The fourth-order valence-electron chi connectivity index (χ4n) is 7.54. The molecule has 5 aliphatic rings. The van der Waals surface area contributed by atoms with Gasteiger partial charge in [0.05, 0.1) is 0 Å². The highest BCUT2D eigenvalue weighted by Gasteiger charge is 2.60. The number of fused-ring (bicyclic) bond motifs is 5. The van der Waals surface area contributed by atoms with Crippen LogP contribution in [0.15, 0.2) is 4.99 Å². The van der Waals surface area contributed by atoms with Crippen molar-refractivity contribution in [1.82, 2.24) is 10.4 Å². The molecule has 2 heterocycles. The van der Waals surface area contributed by atoms with Crippen molar-refractivity contribution in [2.24, 2.45) is 39.5 Å². The molecule has 3 saturated carbocycles. The molecule has 29 heavy (non-hydrogen) atoms. The van der Waals surface area contributed by atoms with Gasteiger partial charge in [0.2, 0.25) is 5.91 Å². The number of carbonyl (C=O) groups excluding carboxylic acids is 2. The molecule has 5 rings (SSSR count). The van der Waals surface area contributed by atoms with E-state index in [2.05, 4.69) is 24.3 Å². The summed E-state index contributed by atoms with van der Waals surface area (Å²) >= 11 is 1.97. The van der Waals surface area contributed by atoms with E-state index >= 15 is 0 Å². The lowest BCUT2D eigenvalue weighted by Gasteiger charge is -2.56. The number of thioether (sulfide) groups is 1. The van der Waals surface area contributed by atoms with Gasteiger partial charge < -0.3 is 0 Å². The molecule has 0 bridgehead atoms. The van der Waals surface area contributed by atoms with Crippen molar-refractivity contribution in [2.75, 3.05) is 31.1 Å². The maximum Gasteiger partial charge on any atom is 0.237 e. The lowest BCUT2D eigenvalue weighted by atomic mass is 9.49. The lowest BCUT2D eigenvalue weighted by Crippen LogP contribution is -2.56. The quantitative estimate of drug-likeness (QED) is 0.749. The summed E-state index contributed by atoms with van der Waals surface area (Å²) in [5.74, 6) is 4.79. The number of aliphatic imine (C=N–C) groups is 1. The molecule has 0 aromatic heterocycles. The van der Waals surface area contributed by atoms with Crippen LogP contribution in [0.3, 0.4) is 0 Å². The first-order chi connectivity index (χ1) is 13.9. The number of rotatable bonds is 2. The summed E-state index contributed by atoms with van der Waals surface area (Å²) in [4.78, 5) is 30.2. The average molecular weight is 418 g/mol. The number of ketones is 1. The van der Waals surface area contributed by atoms with E-state index in [1.807, 2.05) is 11.8 Å². The van der Waals surface area contributed by atoms with Gasteiger partial charge >= 0.3 is 0 Å². The van der Waals surface area contributed by atoms with E-state index in [-0.39, 0.29) is 22.7 Å². The van der Waals surface area contributed by atoms with E-state index in [9.17, 15) is 9.59 Å². The largest absolute Gasteiger partial charge is 0.299 e. The van der Waals surface area contributed by atoms with Crippen LogP contribution in [-0.4, -0.2) is 53.6 Å². The predicted molar refractivity (Wildman–Crippen MR) is 117 cm³/mol. The zero-order valence-corrected chi connectivity index (χ0v) is 18.7. The fourth-order valence-corrected chi connectivity index (χ4v) is 8.45. The Bertz CT molecular complexity index is 734. The minimum Gasteiger partial charge on any atom is -0.299 e. The predicted octanol–water partition coefficient (Wildman–Crippen LogP) is 3.34. The molecule has 0 spiro atoms. The first-order valence-corrected chi connectivity index (χ1v) is 12.8. The highest BCUT2D eigenvalue weighted by molar-refractivity contribution is 7.99. The van der Waals surface area contributed by atoms with Gasteiger partial charge in [-0.2, -0.15) is 11.8 Å². The first kappa shape index (κ1) is 20.0. The Morgan fingerprint density at radius 3 is 2.72 bits per heavy atom. The second kappa shape index (κ2) is 7.37. The Kier molecular flexibility index (Phi) is 5.09. The van der Waals surface area contributed by atoms with Crippen molar-refractivity contribution in [1.29, 1.82) is 0 Å². The molecule has 3 aliphatic carbocycles. The number of hydrazine groups is 1. The summed E-state index contributed by atoms with van der Waals surface area (Å²) < 4.78 is 0. The van der Waals surface area contributed by atoms with Gasteiger partial charge in [-0.1, -0.05) is 13.8 Å². The maximum absolute atomic E-state index is 13.2. The molecular formula is C23H35N3O2S. The minimum absolute atomic E-state index is 0.101. The van der Waals surface area contributed by atoms with Crippen LogP contribution < -0.4 is 5.43 Å². The third-order valence-corrected chi connectivity index (χ3v) is 10.2. The minimum atomic E-state index is 0.101. The van der Waals surface area contributed by atoms with Crippen LogP contribution in [0.1, 0.15) is 58.8 Å². The SMILES string of the molecule is C[C@]12CCC(=O)CC1=NC[C@@H]1[C@H]2CC[C@]2(C)C(C(=O)NN3CCSCC3)CC[C@@H]12. The fraction of sp³-hybridized carbons (Fsp3) is 0.870. The lowest BCUT2D eigenvalue weighted by molar-refractivity contribution is -0.136. The van der Waals surface area contributed by atoms with Gasteiger partial charge in [-0.3, -0.25) is 20.0 Å². The van der Waals surface area contributed by atoms with Gasteiger partial charge in [-0.15, -0.1) is 0 Å². The molecule has 0 aromatic carbocycles. The van der Waals surface area contributed by atoms with Crippen molar-refractivity contribution >= 4 is 29.2 Å². The standard InChI is InChI=1S/C23H35N3O2S/c1-22-8-6-18-16(14-24-20-13-15(27)5-7-23(18,20)2)17(22)3-4-19(22)21(28)25-26-9-11-29-12-10-26/h16-19H,3-14H2,1-2H3,(H,25,28)/t16-,17-,18+,19?,22-,23+/m0/s1. The van der Waals surface area contributed by atoms with Crippen LogP contribution in [0.4, 0.5) is 0 Å². The van der Waals surface area contributed by atoms with Crippen molar-refractivity contribution in [3.63, 3.8) is 0 Å². The third kappa shape index (κ3) is 3.20. The van der Waals surface area contributed by atoms with Gasteiger partial charge in [0.1, 0.15) is 5.78 Å². The number of carbonyl (C=O) groups is 2. The van der Waals surface area contributed by atoms with Gasteiger partial charge in [-0.25, -0.2) is 5.01 Å². The normalized spacial score (nSPS) is 45.0. The van der Waals surface area contributed by atoms with Gasteiger partial charge in [-0.05, 0) is 55.3 Å². The smallest absolute Gasteiger partial charge is 0.237 e. The molecule has 0 radical (unpaired) electrons. The van der Waals surface area contributed by atoms with Crippen molar-refractivity contribution in [3.05, 3.63) is 0 Å². The summed E-state index contributed by atoms with van der Waals surface area (Å²) in [5, 5.41) is 2.14. The Morgan fingerprint density at radius 2 is 1.93 bits per heavy atom. The highest BCUT2D eigenvalue weighted by atomic mass is 32.2. The summed E-state index contributed by atoms with van der Waals surface area (Å²) in [7, 11) is 0. The molecule has 1 unspecified atom stereocenters. The van der Waals surface area contributed by atoms with Crippen LogP contribution in [0, 0.1) is 34.5 Å². The Balaban J connectivity index is 1.34. The van der Waals surface area contributed by atoms with E-state index in [4.69, 9.17) is 4.99 Å². The summed E-state index contributed by atoms with van der Waals surface area (Å²) in [5.41, 5.74) is 4.67. The zero-order chi connectivity index (χ0) is 20.2. The average Bonchev–Trinajstić information content (AvgIpc) is 3.06. The molecule has 2 aliphatic heterocycles. The second-order valence-electron chi connectivity index (χ2n) is 10.5. The number of hydrogen-bond acceptors (Lipinski definition) is 5. The molecule has 0 aromatic rings. The van der Waals surface area contributed by atoms with Crippen molar-refractivity contribution < 1.29 is 9.59 Å². The molecular weight excluding hydrogens is 382 g/mol. The number of amides is 1. The second-order valence-corrected chi connectivity index (χ2v) is 11.8. The van der Waals surface area contributed by atoms with Crippen molar-refractivity contribution in [2.45, 2.75) is 58.8 Å². The van der Waals surface area contributed by atoms with Gasteiger partial charge in [0.25, 0.3) is 0 Å². The van der Waals surface area contributed by atoms with Gasteiger partial charge in [0.15, 0.2) is 0 Å². The van der Waals surface area contributed by atoms with E-state index in [0.29, 0.717) is 30.0 Å². The summed E-state index contributed by atoms with van der Waals surface area (Å²) in [6, 6.07) is 0. The van der Waals surface area contributed by atoms with Crippen LogP contribution in [0.5, 0.6) is 0 Å². The first-order valence-electron chi connectivity index (χ1n) is 11.6. The van der Waals surface area contributed by atoms with E-state index < -0.39 is 0 Å². The number of nitrogens with one attached hydrogen (secondary N) is 1. The molecule has 1 amide bonds. The summed E-state index contributed by atoms with van der Waals surface area (Å²) in [6.07, 6.45) is 6.79. The molecule has 1 saturated heterocycles. The van der Waals surface area contributed by atoms with E-state index in [1.54, 1.807) is 0 Å². The topological polar surface area (TPSA) is 61.8 Å². The Labute approximate surface area is 178 Å². The number of nitrogens with zero attached hydrogens (tertiary/aromatic N) is 2. The summed E-state index contributed by atoms with van der Waals surface area (Å²) in [6.45, 7) is 7.57. The van der Waals surface area contributed by atoms with Gasteiger partial charge in [0, 0.05) is 61.0 Å². The van der Waals surface area contributed by atoms with Crippen LogP contribution in [0.2, 0.25) is 0 Å². The molecule has 1 N–H and O–H groups in total. The molecule has 6 atom stereocenters. The van der Waals surface area contributed by atoms with E-state index in [0.717, 1.165) is 63.2 Å². The molecule has 5 nitrogen and oxygen atoms in total. The Hall–Kier alpha value is -0.880. The molecule has 160 valence electrons. The van der Waals surface area contributed by atoms with Crippen molar-refractivity contribution in [3.8, 4) is 0 Å². The maximum atomic E-state index is 13.2. The number of hydrogen-bond donors (Lipinski definition) is 1. The van der Waals surface area contributed by atoms with Crippen LogP contribution in [-0.2, 0) is 9.59 Å². The monoisotopic (exact) mass is 417 g/mol. The number of Topliss-reactive ketones (excluding diaryl/α,β-unsaturated/α-hetero) is 1. The zero-order valence-electron chi connectivity index (χ0n) is 17.9. The van der Waals surface area contributed by atoms with Crippen LogP contribution >= 0.6 is 11.8 Å². The molecule has 6 heteroatoms. The third-order valence-electron chi connectivity index (χ3n) is 9.29. The highest BCUT2D eigenvalue weighted by Crippen LogP contribution is 2.63. The Morgan fingerprint density at radius 1 is 1.14 bits per heavy atom.